The van der Waals surface area contributed by atoms with Crippen molar-refractivity contribution in [3.05, 3.63) is 67.4 Å². The van der Waals surface area contributed by atoms with Crippen molar-refractivity contribution in [1.82, 2.24) is 0 Å². The lowest BCUT2D eigenvalue weighted by Gasteiger charge is -2.07. The van der Waals surface area contributed by atoms with Crippen LogP contribution in [0.3, 0.4) is 0 Å². The highest BCUT2D eigenvalue weighted by molar-refractivity contribution is 9.10. The van der Waals surface area contributed by atoms with E-state index in [4.69, 9.17) is 11.6 Å². The topological polar surface area (TPSA) is 72.2 Å². The molecule has 5 nitrogen and oxygen atoms in total. The normalized spacial score (nSPS) is 10.2. The van der Waals surface area contributed by atoms with Crippen molar-refractivity contribution in [3.63, 3.8) is 0 Å². The quantitative estimate of drug-likeness (QED) is 0.640. The second-order valence-electron chi connectivity index (χ2n) is 4.00. The van der Waals surface area contributed by atoms with Gasteiger partial charge < -0.3 is 5.32 Å². The van der Waals surface area contributed by atoms with E-state index < -0.39 is 22.3 Å². The molecule has 1 amide bonds. The van der Waals surface area contributed by atoms with Gasteiger partial charge >= 0.3 is 0 Å². The number of nitro benzene ring substituents is 1. The van der Waals surface area contributed by atoms with Crippen molar-refractivity contribution in [2.75, 3.05) is 5.32 Å². The summed E-state index contributed by atoms with van der Waals surface area (Å²) in [6, 6.07) is 7.68. The Kier molecular flexibility index (Phi) is 4.54. The van der Waals surface area contributed by atoms with Crippen LogP contribution < -0.4 is 5.32 Å². The molecule has 0 bridgehead atoms. The summed E-state index contributed by atoms with van der Waals surface area (Å²) in [7, 11) is 0. The Balaban J connectivity index is 2.34. The first-order valence-corrected chi connectivity index (χ1v) is 6.76. The van der Waals surface area contributed by atoms with Gasteiger partial charge in [0.15, 0.2) is 0 Å². The maximum atomic E-state index is 13.7. The summed E-state index contributed by atoms with van der Waals surface area (Å²) in [5.74, 6) is -1.45. The Morgan fingerprint density at radius 1 is 1.29 bits per heavy atom. The number of nitrogens with zero attached hydrogens (tertiary/aromatic N) is 1. The molecule has 0 aromatic heterocycles. The molecule has 0 heterocycles. The third kappa shape index (κ3) is 3.56. The molecule has 2 aromatic rings. The van der Waals surface area contributed by atoms with Gasteiger partial charge in [-0.2, -0.15) is 0 Å². The fraction of sp³-hybridized carbons (Fsp3) is 0. The summed E-state index contributed by atoms with van der Waals surface area (Å²) in [6.45, 7) is 0. The Hall–Kier alpha value is -1.99. The van der Waals surface area contributed by atoms with Crippen LogP contribution in [-0.2, 0) is 0 Å². The molecule has 21 heavy (non-hydrogen) atoms. The van der Waals surface area contributed by atoms with Crippen LogP contribution >= 0.6 is 27.5 Å². The first-order valence-electron chi connectivity index (χ1n) is 5.59. The molecular weight excluding hydrogens is 367 g/mol. The van der Waals surface area contributed by atoms with Gasteiger partial charge in [-0.3, -0.25) is 14.9 Å². The van der Waals surface area contributed by atoms with Crippen LogP contribution in [0.5, 0.6) is 0 Å². The minimum absolute atomic E-state index is 0.0764. The van der Waals surface area contributed by atoms with Crippen molar-refractivity contribution < 1.29 is 14.1 Å². The number of halogens is 3. The van der Waals surface area contributed by atoms with Gasteiger partial charge in [-0.15, -0.1) is 0 Å². The molecule has 0 aliphatic rings. The predicted octanol–water partition coefficient (Wildman–Crippen LogP) is 4.40. The van der Waals surface area contributed by atoms with Gasteiger partial charge in [0.05, 0.1) is 10.6 Å². The van der Waals surface area contributed by atoms with E-state index in [1.807, 2.05) is 0 Å². The Morgan fingerprint density at radius 2 is 2.00 bits per heavy atom. The van der Waals surface area contributed by atoms with E-state index in [1.165, 1.54) is 30.3 Å². The van der Waals surface area contributed by atoms with E-state index in [0.717, 1.165) is 6.07 Å². The van der Waals surface area contributed by atoms with Gasteiger partial charge in [0, 0.05) is 15.6 Å². The lowest BCUT2D eigenvalue weighted by Crippen LogP contribution is -2.14. The Bertz CT molecular complexity index is 739. The molecule has 0 radical (unpaired) electrons. The molecule has 2 aromatic carbocycles. The molecule has 2 rings (SSSR count). The number of benzene rings is 2. The van der Waals surface area contributed by atoms with Crippen molar-refractivity contribution in [1.29, 1.82) is 0 Å². The third-order valence-corrected chi connectivity index (χ3v) is 3.31. The van der Waals surface area contributed by atoms with Gasteiger partial charge in [0.25, 0.3) is 11.6 Å². The molecule has 0 saturated carbocycles. The third-order valence-electron chi connectivity index (χ3n) is 2.58. The number of hydrogen-bond donors (Lipinski definition) is 1. The first kappa shape index (κ1) is 15.4. The number of nitro groups is 1. The van der Waals surface area contributed by atoms with Gasteiger partial charge in [-0.1, -0.05) is 27.5 Å². The largest absolute Gasteiger partial charge is 0.319 e. The summed E-state index contributed by atoms with van der Waals surface area (Å²) in [5, 5.41) is 13.3. The smallest absolute Gasteiger partial charge is 0.283 e. The molecule has 0 unspecified atom stereocenters. The average molecular weight is 374 g/mol. The van der Waals surface area contributed by atoms with Crippen LogP contribution in [0, 0.1) is 15.9 Å². The Labute approximate surface area is 132 Å². The number of anilines is 1. The molecule has 0 atom stereocenters. The van der Waals surface area contributed by atoms with Crippen LogP contribution in [0.2, 0.25) is 5.02 Å². The molecule has 0 fully saturated rings. The second kappa shape index (κ2) is 6.19. The van der Waals surface area contributed by atoms with E-state index in [1.54, 1.807) is 0 Å². The fourth-order valence-corrected chi connectivity index (χ4v) is 2.13. The zero-order valence-corrected chi connectivity index (χ0v) is 12.6. The zero-order valence-electron chi connectivity index (χ0n) is 10.3. The highest BCUT2D eigenvalue weighted by Gasteiger charge is 2.21. The molecule has 0 spiro atoms. The SMILES string of the molecule is O=C(Nc1ccc(Br)cc1F)c1ccc(Cl)cc1[N+](=O)[O-]. The van der Waals surface area contributed by atoms with E-state index in [-0.39, 0.29) is 16.3 Å². The van der Waals surface area contributed by atoms with E-state index in [2.05, 4.69) is 21.2 Å². The number of carbonyl (C=O) groups is 1. The molecule has 108 valence electrons. The van der Waals surface area contributed by atoms with Crippen molar-refractivity contribution in [2.24, 2.45) is 0 Å². The number of hydrogen-bond acceptors (Lipinski definition) is 3. The lowest BCUT2D eigenvalue weighted by atomic mass is 10.1. The average Bonchev–Trinajstić information content (AvgIpc) is 2.41. The number of nitrogens with one attached hydrogen (secondary N) is 1. The van der Waals surface area contributed by atoms with E-state index in [0.29, 0.717) is 4.47 Å². The van der Waals surface area contributed by atoms with Crippen LogP contribution in [-0.4, -0.2) is 10.8 Å². The number of rotatable bonds is 3. The summed E-state index contributed by atoms with van der Waals surface area (Å²) >= 11 is 8.76. The number of amides is 1. The number of carbonyl (C=O) groups excluding carboxylic acids is 1. The highest BCUT2D eigenvalue weighted by atomic mass is 79.9. The second-order valence-corrected chi connectivity index (χ2v) is 5.35. The monoisotopic (exact) mass is 372 g/mol. The van der Waals surface area contributed by atoms with Crippen molar-refractivity contribution >= 4 is 44.8 Å². The van der Waals surface area contributed by atoms with Crippen molar-refractivity contribution in [2.45, 2.75) is 0 Å². The molecule has 1 N–H and O–H groups in total. The lowest BCUT2D eigenvalue weighted by molar-refractivity contribution is -0.385. The molecule has 0 aliphatic heterocycles. The molecule has 0 aliphatic carbocycles. The summed E-state index contributed by atoms with van der Waals surface area (Å²) < 4.78 is 14.2. The van der Waals surface area contributed by atoms with Crippen LogP contribution in [0.25, 0.3) is 0 Å². The Morgan fingerprint density at radius 3 is 2.62 bits per heavy atom. The maximum Gasteiger partial charge on any atom is 0.283 e. The van der Waals surface area contributed by atoms with Crippen molar-refractivity contribution in [3.8, 4) is 0 Å². The first-order chi connectivity index (χ1) is 9.88. The van der Waals surface area contributed by atoms with Gasteiger partial charge in [-0.05, 0) is 30.3 Å². The zero-order chi connectivity index (χ0) is 15.6. The molecular formula is C13H7BrClFN2O3. The fourth-order valence-electron chi connectivity index (χ4n) is 1.63. The van der Waals surface area contributed by atoms with E-state index >= 15 is 0 Å². The predicted molar refractivity (Wildman–Crippen MR) is 80.2 cm³/mol. The summed E-state index contributed by atoms with van der Waals surface area (Å²) in [6.07, 6.45) is 0. The molecule has 8 heteroatoms. The van der Waals surface area contributed by atoms with Gasteiger partial charge in [0.2, 0.25) is 0 Å². The minimum Gasteiger partial charge on any atom is -0.319 e. The van der Waals surface area contributed by atoms with Gasteiger partial charge in [0.1, 0.15) is 11.4 Å². The van der Waals surface area contributed by atoms with Crippen LogP contribution in [0.15, 0.2) is 40.9 Å². The summed E-state index contributed by atoms with van der Waals surface area (Å²) in [5.41, 5.74) is -0.725. The van der Waals surface area contributed by atoms with Gasteiger partial charge in [-0.25, -0.2) is 4.39 Å². The minimum atomic E-state index is -0.792. The van der Waals surface area contributed by atoms with Crippen LogP contribution in [0.4, 0.5) is 15.8 Å². The van der Waals surface area contributed by atoms with E-state index in [9.17, 15) is 19.3 Å². The van der Waals surface area contributed by atoms with Crippen LogP contribution in [0.1, 0.15) is 10.4 Å². The maximum absolute atomic E-state index is 13.7. The highest BCUT2D eigenvalue weighted by Crippen LogP contribution is 2.25. The standard InChI is InChI=1S/C13H7BrClFN2O3/c14-7-1-4-11(10(16)5-7)17-13(19)9-3-2-8(15)6-12(9)18(20)21/h1-6H,(H,17,19). The molecule has 0 saturated heterocycles. The summed E-state index contributed by atoms with van der Waals surface area (Å²) in [4.78, 5) is 22.3.